The van der Waals surface area contributed by atoms with Crippen LogP contribution in [-0.2, 0) is 9.59 Å². The fourth-order valence-electron chi connectivity index (χ4n) is 3.53. The van der Waals surface area contributed by atoms with Crippen molar-refractivity contribution in [3.8, 4) is 12.1 Å². The molecule has 0 bridgehead atoms. The summed E-state index contributed by atoms with van der Waals surface area (Å²) in [6, 6.07) is 3.72. The Hall–Kier alpha value is -2.38. The zero-order valence-electron chi connectivity index (χ0n) is 11.8. The van der Waals surface area contributed by atoms with Crippen molar-refractivity contribution in [1.82, 2.24) is 5.01 Å². The van der Waals surface area contributed by atoms with E-state index in [4.69, 9.17) is 5.84 Å². The summed E-state index contributed by atoms with van der Waals surface area (Å²) in [5.74, 6) is 1.16. The van der Waals surface area contributed by atoms with Gasteiger partial charge in [0.2, 0.25) is 0 Å². The second kappa shape index (κ2) is 4.57. The Morgan fingerprint density at radius 2 is 1.76 bits per heavy atom. The van der Waals surface area contributed by atoms with Crippen LogP contribution in [0.2, 0.25) is 0 Å². The zero-order chi connectivity index (χ0) is 16.0. The van der Waals surface area contributed by atoms with Gasteiger partial charge in [-0.25, -0.2) is 10.9 Å². The molecule has 21 heavy (non-hydrogen) atoms. The van der Waals surface area contributed by atoms with Crippen molar-refractivity contribution in [2.75, 3.05) is 0 Å². The van der Waals surface area contributed by atoms with E-state index in [9.17, 15) is 25.2 Å². The molecule has 0 aromatic heterocycles. The summed E-state index contributed by atoms with van der Waals surface area (Å²) in [5, 5.41) is 29.1. The van der Waals surface area contributed by atoms with E-state index in [1.54, 1.807) is 0 Å². The molecule has 3 N–H and O–H groups in total. The van der Waals surface area contributed by atoms with Crippen molar-refractivity contribution in [3.63, 3.8) is 0 Å². The molecule has 1 aliphatic carbocycles. The van der Waals surface area contributed by atoms with E-state index in [0.717, 1.165) is 0 Å². The third kappa shape index (κ3) is 2.07. The van der Waals surface area contributed by atoms with Gasteiger partial charge in [-0.2, -0.15) is 10.5 Å². The van der Waals surface area contributed by atoms with Crippen LogP contribution < -0.4 is 5.84 Å². The number of carbonyl (C=O) groups is 2. The van der Waals surface area contributed by atoms with E-state index in [1.807, 2.05) is 26.0 Å². The molecule has 0 radical (unpaired) electrons. The Morgan fingerprint density at radius 1 is 1.29 bits per heavy atom. The van der Waals surface area contributed by atoms with Crippen molar-refractivity contribution in [2.45, 2.75) is 26.7 Å². The molecule has 1 fully saturated rings. The molecule has 7 nitrogen and oxygen atoms in total. The van der Waals surface area contributed by atoms with Crippen molar-refractivity contribution >= 4 is 11.8 Å². The number of imide groups is 1. The van der Waals surface area contributed by atoms with Crippen LogP contribution in [0.4, 0.5) is 0 Å². The predicted molar refractivity (Wildman–Crippen MR) is 70.4 cm³/mol. The first-order valence-electron chi connectivity index (χ1n) is 6.51. The summed E-state index contributed by atoms with van der Waals surface area (Å²) in [4.78, 5) is 24.3. The van der Waals surface area contributed by atoms with Crippen LogP contribution >= 0.6 is 0 Å². The number of hydrazine groups is 1. The van der Waals surface area contributed by atoms with Gasteiger partial charge in [0, 0.05) is 11.8 Å². The highest BCUT2D eigenvalue weighted by Crippen LogP contribution is 2.54. The van der Waals surface area contributed by atoms with E-state index in [2.05, 4.69) is 0 Å². The Morgan fingerprint density at radius 3 is 2.14 bits per heavy atom. The molecule has 1 spiro atoms. The molecule has 2 unspecified atom stereocenters. The average molecular weight is 288 g/mol. The molecule has 2 amide bonds. The number of nitrogens with zero attached hydrogens (tertiary/aromatic N) is 3. The number of hydrogen-bond acceptors (Lipinski definition) is 6. The smallest absolute Gasteiger partial charge is 0.261 e. The van der Waals surface area contributed by atoms with Crippen LogP contribution in [0.3, 0.4) is 0 Å². The highest BCUT2D eigenvalue weighted by Gasteiger charge is 2.60. The summed E-state index contributed by atoms with van der Waals surface area (Å²) < 4.78 is 0. The van der Waals surface area contributed by atoms with Gasteiger partial charge in [0.15, 0.2) is 0 Å². The first-order valence-corrected chi connectivity index (χ1v) is 6.51. The van der Waals surface area contributed by atoms with E-state index < -0.39 is 34.5 Å². The largest absolute Gasteiger partial charge is 0.513 e. The zero-order valence-corrected chi connectivity index (χ0v) is 11.8. The van der Waals surface area contributed by atoms with E-state index in [0.29, 0.717) is 11.4 Å². The highest BCUT2D eigenvalue weighted by atomic mass is 16.3. The molecule has 1 heterocycles. The molecular formula is C14H16N4O3. The monoisotopic (exact) mass is 288 g/mol. The number of aliphatic hydroxyl groups excluding tert-OH is 1. The molecule has 110 valence electrons. The molecule has 2 atom stereocenters. The fraction of sp³-hybridized carbons (Fsp3) is 0.571. The molecule has 1 aliphatic heterocycles. The van der Waals surface area contributed by atoms with E-state index >= 15 is 0 Å². The molecule has 0 saturated carbocycles. The van der Waals surface area contributed by atoms with Crippen molar-refractivity contribution in [3.05, 3.63) is 11.8 Å². The third-order valence-electron chi connectivity index (χ3n) is 4.18. The van der Waals surface area contributed by atoms with Gasteiger partial charge >= 0.3 is 0 Å². The third-order valence-corrected chi connectivity index (χ3v) is 4.18. The summed E-state index contributed by atoms with van der Waals surface area (Å²) in [5.41, 5.74) is -1.78. The van der Waals surface area contributed by atoms with Gasteiger partial charge in [0.25, 0.3) is 11.8 Å². The molecule has 7 heteroatoms. The first kappa shape index (κ1) is 15.0. The van der Waals surface area contributed by atoms with Gasteiger partial charge in [-0.1, -0.05) is 13.8 Å². The minimum atomic E-state index is -1.33. The highest BCUT2D eigenvalue weighted by molar-refractivity contribution is 6.02. The summed E-state index contributed by atoms with van der Waals surface area (Å²) in [6.45, 7) is 3.70. The Bertz CT molecular complexity index is 589. The lowest BCUT2D eigenvalue weighted by atomic mass is 9.55. The maximum atomic E-state index is 12.2. The second-order valence-electron chi connectivity index (χ2n) is 6.44. The number of rotatable bonds is 0. The second-order valence-corrected chi connectivity index (χ2v) is 6.44. The summed E-state index contributed by atoms with van der Waals surface area (Å²) >= 11 is 0. The van der Waals surface area contributed by atoms with Gasteiger partial charge in [-0.3, -0.25) is 9.59 Å². The van der Waals surface area contributed by atoms with Gasteiger partial charge in [-0.15, -0.1) is 0 Å². The van der Waals surface area contributed by atoms with Crippen molar-refractivity contribution in [2.24, 2.45) is 28.5 Å². The number of allylic oxidation sites excluding steroid dienone is 2. The van der Waals surface area contributed by atoms with Gasteiger partial charge in [0.05, 0.1) is 17.9 Å². The first-order chi connectivity index (χ1) is 9.68. The lowest BCUT2D eigenvalue weighted by molar-refractivity contribution is -0.161. The molecule has 2 aliphatic rings. The van der Waals surface area contributed by atoms with Gasteiger partial charge in [0.1, 0.15) is 11.8 Å². The van der Waals surface area contributed by atoms with Crippen LogP contribution in [0, 0.1) is 45.3 Å². The lowest BCUT2D eigenvalue weighted by Gasteiger charge is -2.48. The Labute approximate surface area is 122 Å². The number of nitriles is 2. The maximum absolute atomic E-state index is 12.2. The van der Waals surface area contributed by atoms with E-state index in [-0.39, 0.29) is 12.2 Å². The molecule has 0 aromatic rings. The average Bonchev–Trinajstić information content (AvgIpc) is 2.35. The standard InChI is InChI=1S/C14H16N4O3/c1-13(2)3-8(19)4-14(7-13)9(5-15)11(20)18(17)12(21)10(14)6-16/h4,9-10,19H,3,7,17H2,1-2H3. The van der Waals surface area contributed by atoms with Crippen LogP contribution in [-0.4, -0.2) is 21.9 Å². The molecule has 1 saturated heterocycles. The SMILES string of the molecule is CC1(C)CC(O)=CC2(C1)C(C#N)C(=O)N(N)C(=O)C2C#N. The number of piperidine rings is 1. The molecule has 0 aromatic carbocycles. The van der Waals surface area contributed by atoms with Crippen molar-refractivity contribution in [1.29, 1.82) is 10.5 Å². The number of hydrogen-bond donors (Lipinski definition) is 2. The Kier molecular flexibility index (Phi) is 3.27. The minimum absolute atomic E-state index is 0.0159. The molecular weight excluding hydrogens is 272 g/mol. The van der Waals surface area contributed by atoms with Gasteiger partial charge < -0.3 is 5.11 Å². The topological polar surface area (TPSA) is 131 Å². The minimum Gasteiger partial charge on any atom is -0.513 e. The van der Waals surface area contributed by atoms with Crippen LogP contribution in [0.5, 0.6) is 0 Å². The maximum Gasteiger partial charge on any atom is 0.261 e. The van der Waals surface area contributed by atoms with E-state index in [1.165, 1.54) is 6.08 Å². The number of aliphatic hydroxyl groups is 1. The van der Waals surface area contributed by atoms with Crippen LogP contribution in [0.1, 0.15) is 26.7 Å². The quantitative estimate of drug-likeness (QED) is 0.384. The van der Waals surface area contributed by atoms with Gasteiger partial charge in [-0.05, 0) is 17.9 Å². The predicted octanol–water partition coefficient (Wildman–Crippen LogP) is 0.757. The normalized spacial score (nSPS) is 35.1. The van der Waals surface area contributed by atoms with Crippen molar-refractivity contribution < 1.29 is 14.7 Å². The summed E-state index contributed by atoms with van der Waals surface area (Å²) in [7, 11) is 0. The fourth-order valence-corrected chi connectivity index (χ4v) is 3.53. The summed E-state index contributed by atoms with van der Waals surface area (Å²) in [6.07, 6.45) is 1.97. The number of amides is 2. The Balaban J connectivity index is 2.69. The van der Waals surface area contributed by atoms with Crippen LogP contribution in [0.25, 0.3) is 0 Å². The number of nitrogens with two attached hydrogens (primary N) is 1. The molecule has 2 rings (SSSR count). The number of carbonyl (C=O) groups excluding carboxylic acids is 2. The van der Waals surface area contributed by atoms with Crippen LogP contribution in [0.15, 0.2) is 11.8 Å². The lowest BCUT2D eigenvalue weighted by Crippen LogP contribution is -2.62.